The third kappa shape index (κ3) is 2.13. The number of nitrogens with one attached hydrogen (secondary N) is 1. The van der Waals surface area contributed by atoms with E-state index >= 15 is 0 Å². The molecule has 0 saturated heterocycles. The van der Waals surface area contributed by atoms with Crippen molar-refractivity contribution in [3.8, 4) is 11.3 Å². The van der Waals surface area contributed by atoms with Crippen LogP contribution in [-0.4, -0.2) is 19.1 Å². The van der Waals surface area contributed by atoms with Crippen molar-refractivity contribution in [3.63, 3.8) is 0 Å². The fourth-order valence-electron chi connectivity index (χ4n) is 2.91. The van der Waals surface area contributed by atoms with Crippen LogP contribution in [0.2, 0.25) is 0 Å². The molecule has 0 atom stereocenters. The van der Waals surface area contributed by atoms with E-state index < -0.39 is 0 Å². The Kier molecular flexibility index (Phi) is 3.13. The number of aromatic nitrogens is 1. The lowest BCUT2D eigenvalue weighted by Gasteiger charge is -2.16. The van der Waals surface area contributed by atoms with Crippen molar-refractivity contribution in [1.29, 1.82) is 0 Å². The molecule has 0 saturated carbocycles. The van der Waals surface area contributed by atoms with E-state index in [2.05, 4.69) is 42.2 Å². The third-order valence-corrected chi connectivity index (χ3v) is 4.08. The Balaban J connectivity index is 2.22. The number of fused-ring (bicyclic) bond motifs is 3. The standard InChI is InChI=1S/C17H20N2O/c1-11-9-13-6-4-5-12-10-14(19(2)3)7-8-15(12)16(13)18-17(11)20/h7-10H,4-6H2,1-3H3,(H,18,20). The van der Waals surface area contributed by atoms with E-state index in [1.54, 1.807) is 0 Å². The average molecular weight is 268 g/mol. The predicted molar refractivity (Wildman–Crippen MR) is 83.6 cm³/mol. The number of benzene rings is 1. The molecule has 0 unspecified atom stereocenters. The summed E-state index contributed by atoms with van der Waals surface area (Å²) in [6.45, 7) is 1.88. The van der Waals surface area contributed by atoms with Crippen molar-refractivity contribution in [2.75, 3.05) is 19.0 Å². The van der Waals surface area contributed by atoms with E-state index in [4.69, 9.17) is 0 Å². The molecule has 1 N–H and O–H groups in total. The van der Waals surface area contributed by atoms with Gasteiger partial charge in [-0.05, 0) is 55.5 Å². The maximum Gasteiger partial charge on any atom is 0.251 e. The summed E-state index contributed by atoms with van der Waals surface area (Å²) in [6, 6.07) is 8.54. The number of hydrogen-bond acceptors (Lipinski definition) is 2. The van der Waals surface area contributed by atoms with Gasteiger partial charge < -0.3 is 9.88 Å². The first kappa shape index (κ1) is 13.0. The Morgan fingerprint density at radius 3 is 2.60 bits per heavy atom. The first-order valence-electron chi connectivity index (χ1n) is 7.09. The number of pyridine rings is 1. The van der Waals surface area contributed by atoms with Gasteiger partial charge in [-0.1, -0.05) is 6.07 Å². The lowest BCUT2D eigenvalue weighted by Crippen LogP contribution is -2.12. The van der Waals surface area contributed by atoms with Gasteiger partial charge >= 0.3 is 0 Å². The van der Waals surface area contributed by atoms with Crippen LogP contribution in [-0.2, 0) is 12.8 Å². The number of H-pyrrole nitrogens is 1. The largest absolute Gasteiger partial charge is 0.378 e. The van der Waals surface area contributed by atoms with Crippen molar-refractivity contribution < 1.29 is 0 Å². The number of hydrogen-bond donors (Lipinski definition) is 1. The smallest absolute Gasteiger partial charge is 0.251 e. The van der Waals surface area contributed by atoms with Gasteiger partial charge in [-0.25, -0.2) is 0 Å². The molecular weight excluding hydrogens is 248 g/mol. The van der Waals surface area contributed by atoms with Crippen LogP contribution in [0.15, 0.2) is 29.1 Å². The van der Waals surface area contributed by atoms with Crippen LogP contribution in [0.4, 0.5) is 5.69 Å². The number of anilines is 1. The average Bonchev–Trinajstić information content (AvgIpc) is 2.58. The SMILES string of the molecule is Cc1cc2c([nH]c1=O)-c1ccc(N(C)C)cc1CCC2. The number of rotatable bonds is 1. The zero-order valence-electron chi connectivity index (χ0n) is 12.3. The van der Waals surface area contributed by atoms with Crippen LogP contribution in [0.3, 0.4) is 0 Å². The van der Waals surface area contributed by atoms with Crippen LogP contribution < -0.4 is 10.5 Å². The Bertz CT molecular complexity index is 713. The van der Waals surface area contributed by atoms with Crippen molar-refractivity contribution >= 4 is 5.69 Å². The molecule has 0 amide bonds. The Hall–Kier alpha value is -2.03. The molecule has 3 heteroatoms. The Morgan fingerprint density at radius 1 is 1.10 bits per heavy atom. The third-order valence-electron chi connectivity index (χ3n) is 4.08. The van der Waals surface area contributed by atoms with Gasteiger partial charge in [-0.15, -0.1) is 0 Å². The van der Waals surface area contributed by atoms with E-state index in [1.807, 2.05) is 13.0 Å². The Labute approximate surface area is 119 Å². The maximum atomic E-state index is 11.9. The van der Waals surface area contributed by atoms with Gasteiger partial charge in [-0.2, -0.15) is 0 Å². The quantitative estimate of drug-likeness (QED) is 0.863. The van der Waals surface area contributed by atoms with E-state index in [0.717, 1.165) is 30.5 Å². The summed E-state index contributed by atoms with van der Waals surface area (Å²) in [5.74, 6) is 0. The van der Waals surface area contributed by atoms with Gasteiger partial charge in [0.25, 0.3) is 5.56 Å². The van der Waals surface area contributed by atoms with Crippen molar-refractivity contribution in [2.45, 2.75) is 26.2 Å². The van der Waals surface area contributed by atoms with Crippen LogP contribution in [0.1, 0.15) is 23.1 Å². The van der Waals surface area contributed by atoms with Crippen molar-refractivity contribution in [2.24, 2.45) is 0 Å². The zero-order chi connectivity index (χ0) is 14.3. The van der Waals surface area contributed by atoms with Crippen LogP contribution >= 0.6 is 0 Å². The summed E-state index contributed by atoms with van der Waals surface area (Å²) < 4.78 is 0. The van der Waals surface area contributed by atoms with Crippen LogP contribution in [0.5, 0.6) is 0 Å². The minimum absolute atomic E-state index is 0.0216. The molecule has 0 radical (unpaired) electrons. The van der Waals surface area contributed by atoms with Gasteiger partial charge in [0.05, 0.1) is 5.69 Å². The summed E-state index contributed by atoms with van der Waals surface area (Å²) in [5, 5.41) is 0. The minimum Gasteiger partial charge on any atom is -0.378 e. The van der Waals surface area contributed by atoms with Gasteiger partial charge in [0.2, 0.25) is 0 Å². The first-order chi connectivity index (χ1) is 9.56. The molecule has 0 aliphatic heterocycles. The maximum absolute atomic E-state index is 11.9. The summed E-state index contributed by atoms with van der Waals surface area (Å²) in [5.41, 5.74) is 6.82. The van der Waals surface area contributed by atoms with Crippen LogP contribution in [0, 0.1) is 6.92 Å². The second kappa shape index (κ2) is 4.82. The molecule has 2 aromatic rings. The summed E-state index contributed by atoms with van der Waals surface area (Å²) in [6.07, 6.45) is 3.22. The molecule has 0 bridgehead atoms. The molecule has 0 spiro atoms. The van der Waals surface area contributed by atoms with E-state index in [1.165, 1.54) is 22.4 Å². The molecule has 3 rings (SSSR count). The monoisotopic (exact) mass is 268 g/mol. The summed E-state index contributed by atoms with van der Waals surface area (Å²) in [7, 11) is 4.11. The summed E-state index contributed by atoms with van der Waals surface area (Å²) >= 11 is 0. The highest BCUT2D eigenvalue weighted by Gasteiger charge is 2.16. The fourth-order valence-corrected chi connectivity index (χ4v) is 2.91. The van der Waals surface area contributed by atoms with E-state index in [9.17, 15) is 4.79 Å². The van der Waals surface area contributed by atoms with Gasteiger partial charge in [0.15, 0.2) is 0 Å². The van der Waals surface area contributed by atoms with Crippen molar-refractivity contribution in [1.82, 2.24) is 4.98 Å². The highest BCUT2D eigenvalue weighted by atomic mass is 16.1. The van der Waals surface area contributed by atoms with Crippen LogP contribution in [0.25, 0.3) is 11.3 Å². The number of aromatic amines is 1. The predicted octanol–water partition coefficient (Wildman–Crippen LogP) is 2.91. The molecule has 20 heavy (non-hydrogen) atoms. The van der Waals surface area contributed by atoms with Gasteiger partial charge in [0.1, 0.15) is 0 Å². The minimum atomic E-state index is 0.0216. The molecule has 1 aromatic heterocycles. The molecule has 1 aliphatic rings. The molecular formula is C17H20N2O. The molecule has 3 nitrogen and oxygen atoms in total. The van der Waals surface area contributed by atoms with Gasteiger partial charge in [0, 0.05) is 30.9 Å². The molecule has 0 fully saturated rings. The molecule has 1 aliphatic carbocycles. The van der Waals surface area contributed by atoms with Gasteiger partial charge in [-0.3, -0.25) is 4.79 Å². The normalized spacial score (nSPS) is 13.3. The fraction of sp³-hybridized carbons (Fsp3) is 0.353. The topological polar surface area (TPSA) is 36.1 Å². The van der Waals surface area contributed by atoms with E-state index in [-0.39, 0.29) is 5.56 Å². The highest BCUT2D eigenvalue weighted by molar-refractivity contribution is 5.71. The second-order valence-corrected chi connectivity index (χ2v) is 5.77. The van der Waals surface area contributed by atoms with Crippen molar-refractivity contribution in [3.05, 3.63) is 51.3 Å². The number of nitrogens with zero attached hydrogens (tertiary/aromatic N) is 1. The summed E-state index contributed by atoms with van der Waals surface area (Å²) in [4.78, 5) is 17.1. The zero-order valence-corrected chi connectivity index (χ0v) is 12.3. The number of aryl methyl sites for hydroxylation is 3. The molecule has 104 valence electrons. The molecule has 1 heterocycles. The Morgan fingerprint density at radius 2 is 1.85 bits per heavy atom. The highest BCUT2D eigenvalue weighted by Crippen LogP contribution is 2.32. The lowest BCUT2D eigenvalue weighted by atomic mass is 10.00. The van der Waals surface area contributed by atoms with E-state index in [0.29, 0.717) is 0 Å². The first-order valence-corrected chi connectivity index (χ1v) is 7.09. The lowest BCUT2D eigenvalue weighted by molar-refractivity contribution is 0.831. The molecule has 1 aromatic carbocycles. The second-order valence-electron chi connectivity index (χ2n) is 5.77.